The summed E-state index contributed by atoms with van der Waals surface area (Å²) in [5.74, 6) is -1.80. The first-order chi connectivity index (χ1) is 6.43. The van der Waals surface area contributed by atoms with Gasteiger partial charge in [-0.2, -0.15) is 0 Å². The number of nitrogens with two attached hydrogens (primary N) is 1. The Hall–Kier alpha value is -1.65. The molecule has 1 aromatic carbocycles. The first kappa shape index (κ1) is 10.4. The zero-order valence-corrected chi connectivity index (χ0v) is 7.94. The van der Waals surface area contributed by atoms with Crippen molar-refractivity contribution < 1.29 is 8.78 Å². The smallest absolute Gasteiger partial charge is 0.150 e. The largest absolute Gasteiger partial charge is 0.384 e. The molecule has 1 aromatic rings. The van der Waals surface area contributed by atoms with Crippen LogP contribution in [0.15, 0.2) is 12.1 Å². The molecular weight excluding hydrogens is 188 g/mol. The standard InChI is InChI=1S/C9H11F2N3/c1-14(2)8-6(10)3-5(9(12)13)4-7(8)11/h3-4H,1-2H3,(H3,12,13). The van der Waals surface area contributed by atoms with Crippen LogP contribution in [0.2, 0.25) is 0 Å². The number of nitrogen functional groups attached to an aromatic ring is 1. The lowest BCUT2D eigenvalue weighted by molar-refractivity contribution is 0.581. The number of amidine groups is 1. The lowest BCUT2D eigenvalue weighted by atomic mass is 10.1. The Kier molecular flexibility index (Phi) is 2.69. The van der Waals surface area contributed by atoms with Crippen LogP contribution in [0.5, 0.6) is 0 Å². The molecule has 0 radical (unpaired) electrons. The highest BCUT2D eigenvalue weighted by Crippen LogP contribution is 2.22. The van der Waals surface area contributed by atoms with Crippen molar-refractivity contribution in [3.05, 3.63) is 29.3 Å². The van der Waals surface area contributed by atoms with Crippen LogP contribution >= 0.6 is 0 Å². The molecule has 0 aliphatic rings. The van der Waals surface area contributed by atoms with Crippen LogP contribution in [-0.4, -0.2) is 19.9 Å². The van der Waals surface area contributed by atoms with Crippen molar-refractivity contribution in [2.75, 3.05) is 19.0 Å². The second kappa shape index (κ2) is 3.61. The number of benzene rings is 1. The summed E-state index contributed by atoms with van der Waals surface area (Å²) in [6.07, 6.45) is 0. The molecule has 3 nitrogen and oxygen atoms in total. The second-order valence-corrected chi connectivity index (χ2v) is 3.10. The summed E-state index contributed by atoms with van der Waals surface area (Å²) >= 11 is 0. The molecule has 0 fully saturated rings. The summed E-state index contributed by atoms with van der Waals surface area (Å²) in [6.45, 7) is 0. The highest BCUT2D eigenvalue weighted by atomic mass is 19.1. The minimum atomic E-state index is -0.722. The molecule has 0 amide bonds. The van der Waals surface area contributed by atoms with E-state index in [0.29, 0.717) is 0 Å². The van der Waals surface area contributed by atoms with Gasteiger partial charge in [0.25, 0.3) is 0 Å². The molecule has 0 saturated heterocycles. The second-order valence-electron chi connectivity index (χ2n) is 3.10. The predicted octanol–water partition coefficient (Wildman–Crippen LogP) is 1.31. The van der Waals surface area contributed by atoms with Crippen molar-refractivity contribution >= 4 is 11.5 Å². The van der Waals surface area contributed by atoms with Gasteiger partial charge < -0.3 is 10.6 Å². The van der Waals surface area contributed by atoms with Crippen LogP contribution < -0.4 is 10.6 Å². The van der Waals surface area contributed by atoms with Crippen molar-refractivity contribution in [2.24, 2.45) is 5.73 Å². The lowest BCUT2D eigenvalue weighted by Crippen LogP contribution is -2.16. The van der Waals surface area contributed by atoms with Crippen molar-refractivity contribution in [3.8, 4) is 0 Å². The van der Waals surface area contributed by atoms with Crippen molar-refractivity contribution in [1.29, 1.82) is 5.41 Å². The van der Waals surface area contributed by atoms with E-state index in [1.54, 1.807) is 0 Å². The molecule has 0 aromatic heterocycles. The molecular formula is C9H11F2N3. The Balaban J connectivity index is 3.32. The minimum Gasteiger partial charge on any atom is -0.384 e. The fourth-order valence-corrected chi connectivity index (χ4v) is 1.15. The van der Waals surface area contributed by atoms with Crippen LogP contribution in [0, 0.1) is 17.0 Å². The van der Waals surface area contributed by atoms with Gasteiger partial charge in [-0.15, -0.1) is 0 Å². The molecule has 3 N–H and O–H groups in total. The van der Waals surface area contributed by atoms with E-state index in [9.17, 15) is 8.78 Å². The summed E-state index contributed by atoms with van der Waals surface area (Å²) in [4.78, 5) is 1.33. The molecule has 0 heterocycles. The van der Waals surface area contributed by atoms with Gasteiger partial charge in [0.15, 0.2) is 0 Å². The monoisotopic (exact) mass is 199 g/mol. The van der Waals surface area contributed by atoms with E-state index in [-0.39, 0.29) is 17.1 Å². The summed E-state index contributed by atoms with van der Waals surface area (Å²) in [6, 6.07) is 2.08. The fraction of sp³-hybridized carbons (Fsp3) is 0.222. The van der Waals surface area contributed by atoms with Crippen molar-refractivity contribution in [2.45, 2.75) is 0 Å². The third-order valence-corrected chi connectivity index (χ3v) is 1.78. The van der Waals surface area contributed by atoms with Crippen molar-refractivity contribution in [3.63, 3.8) is 0 Å². The third-order valence-electron chi connectivity index (χ3n) is 1.78. The van der Waals surface area contributed by atoms with Gasteiger partial charge >= 0.3 is 0 Å². The number of hydrogen-bond donors (Lipinski definition) is 2. The SMILES string of the molecule is CN(C)c1c(F)cc(C(=N)N)cc1F. The lowest BCUT2D eigenvalue weighted by Gasteiger charge is -2.15. The van der Waals surface area contributed by atoms with Crippen LogP contribution in [0.3, 0.4) is 0 Å². The topological polar surface area (TPSA) is 53.1 Å². The molecule has 76 valence electrons. The zero-order valence-electron chi connectivity index (χ0n) is 7.94. The Bertz CT molecular complexity index is 351. The van der Waals surface area contributed by atoms with Gasteiger partial charge in [0.05, 0.1) is 0 Å². The maximum Gasteiger partial charge on any atom is 0.150 e. The van der Waals surface area contributed by atoms with Gasteiger partial charge in [0, 0.05) is 19.7 Å². The third kappa shape index (κ3) is 1.81. The highest BCUT2D eigenvalue weighted by Gasteiger charge is 2.13. The molecule has 0 spiro atoms. The highest BCUT2D eigenvalue weighted by molar-refractivity contribution is 5.95. The van der Waals surface area contributed by atoms with Gasteiger partial charge in [-0.1, -0.05) is 0 Å². The molecule has 0 aliphatic carbocycles. The molecule has 5 heteroatoms. The Labute approximate surface area is 80.6 Å². The van der Waals surface area contributed by atoms with Crippen LogP contribution in [-0.2, 0) is 0 Å². The van der Waals surface area contributed by atoms with Gasteiger partial charge in [0.1, 0.15) is 23.2 Å². The summed E-state index contributed by atoms with van der Waals surface area (Å²) in [5.41, 5.74) is 5.03. The zero-order chi connectivity index (χ0) is 10.9. The maximum absolute atomic E-state index is 13.3. The van der Waals surface area contributed by atoms with Crippen LogP contribution in [0.25, 0.3) is 0 Å². The number of rotatable bonds is 2. The predicted molar refractivity (Wildman–Crippen MR) is 51.7 cm³/mol. The van der Waals surface area contributed by atoms with E-state index in [1.807, 2.05) is 0 Å². The summed E-state index contributed by atoms with van der Waals surface area (Å²) in [7, 11) is 3.07. The number of nitrogens with one attached hydrogen (secondary N) is 1. The fourth-order valence-electron chi connectivity index (χ4n) is 1.15. The quantitative estimate of drug-likeness (QED) is 0.557. The number of anilines is 1. The van der Waals surface area contributed by atoms with Gasteiger partial charge in [0.2, 0.25) is 0 Å². The molecule has 0 saturated carbocycles. The van der Waals surface area contributed by atoms with Gasteiger partial charge in [-0.25, -0.2) is 8.78 Å². The van der Waals surface area contributed by atoms with E-state index in [0.717, 1.165) is 12.1 Å². The summed E-state index contributed by atoms with van der Waals surface area (Å²) in [5, 5.41) is 7.04. The molecule has 14 heavy (non-hydrogen) atoms. The summed E-state index contributed by atoms with van der Waals surface area (Å²) < 4.78 is 26.6. The van der Waals surface area contributed by atoms with E-state index in [1.165, 1.54) is 19.0 Å². The van der Waals surface area contributed by atoms with E-state index in [4.69, 9.17) is 11.1 Å². The molecule has 0 unspecified atom stereocenters. The van der Waals surface area contributed by atoms with E-state index >= 15 is 0 Å². The molecule has 0 aliphatic heterocycles. The van der Waals surface area contributed by atoms with Gasteiger partial charge in [-0.3, -0.25) is 5.41 Å². The Morgan fingerprint density at radius 3 is 2.00 bits per heavy atom. The molecule has 0 atom stereocenters. The normalized spacial score (nSPS) is 10.0. The van der Waals surface area contributed by atoms with E-state index < -0.39 is 11.6 Å². The number of halogens is 2. The average Bonchev–Trinajstić information content (AvgIpc) is 2.01. The first-order valence-corrected chi connectivity index (χ1v) is 3.94. The Morgan fingerprint density at radius 1 is 1.29 bits per heavy atom. The van der Waals surface area contributed by atoms with Gasteiger partial charge in [-0.05, 0) is 12.1 Å². The first-order valence-electron chi connectivity index (χ1n) is 3.94. The molecule has 1 rings (SSSR count). The number of hydrogen-bond acceptors (Lipinski definition) is 2. The molecule has 0 bridgehead atoms. The van der Waals surface area contributed by atoms with Crippen LogP contribution in [0.1, 0.15) is 5.56 Å². The van der Waals surface area contributed by atoms with Crippen LogP contribution in [0.4, 0.5) is 14.5 Å². The maximum atomic E-state index is 13.3. The average molecular weight is 199 g/mol. The minimum absolute atomic E-state index is 0.0469. The van der Waals surface area contributed by atoms with E-state index in [2.05, 4.69) is 0 Å². The number of nitrogens with zero attached hydrogens (tertiary/aromatic N) is 1. The van der Waals surface area contributed by atoms with Crippen molar-refractivity contribution in [1.82, 2.24) is 0 Å². The Morgan fingerprint density at radius 2 is 1.71 bits per heavy atom.